The molecule has 0 aliphatic carbocycles. The minimum absolute atomic E-state index is 0.000844. The first-order valence-electron chi connectivity index (χ1n) is 7.92. The summed E-state index contributed by atoms with van der Waals surface area (Å²) >= 11 is 0. The van der Waals surface area contributed by atoms with Crippen LogP contribution in [0.3, 0.4) is 0 Å². The minimum atomic E-state index is -1.45. The van der Waals surface area contributed by atoms with Crippen LogP contribution in [0.5, 0.6) is 5.75 Å². The van der Waals surface area contributed by atoms with E-state index in [9.17, 15) is 5.11 Å². The van der Waals surface area contributed by atoms with Crippen molar-refractivity contribution in [1.29, 1.82) is 0 Å². The van der Waals surface area contributed by atoms with E-state index in [0.717, 1.165) is 30.4 Å². The highest BCUT2D eigenvalue weighted by Gasteiger charge is 2.13. The van der Waals surface area contributed by atoms with E-state index in [2.05, 4.69) is 17.6 Å². The molecule has 0 heterocycles. The maximum absolute atomic E-state index is 10.1. The lowest BCUT2D eigenvalue weighted by Gasteiger charge is -2.18. The van der Waals surface area contributed by atoms with Gasteiger partial charge >= 0.3 is 0 Å². The Balaban J connectivity index is 2.92. The summed E-state index contributed by atoms with van der Waals surface area (Å²) in [6.07, 6.45) is 0.0465. The number of aromatic hydroxyl groups is 1. The molecular weight excluding hydrogens is 300 g/mol. The Bertz CT molecular complexity index is 466. The molecule has 1 rings (SSSR count). The van der Waals surface area contributed by atoms with E-state index >= 15 is 0 Å². The smallest absolute Gasteiger partial charge is 0.164 e. The van der Waals surface area contributed by atoms with E-state index < -0.39 is 12.6 Å². The van der Waals surface area contributed by atoms with Gasteiger partial charge in [-0.2, -0.15) is 0 Å². The quantitative estimate of drug-likeness (QED) is 0.274. The van der Waals surface area contributed by atoms with Crippen molar-refractivity contribution in [2.45, 2.75) is 51.9 Å². The van der Waals surface area contributed by atoms with Crippen molar-refractivity contribution in [2.24, 2.45) is 0 Å². The molecule has 0 aromatic heterocycles. The van der Waals surface area contributed by atoms with E-state index in [1.54, 1.807) is 6.07 Å². The number of phenols is 1. The highest BCUT2D eigenvalue weighted by atomic mass is 16.5. The number of phenolic OH excluding ortho intramolecular Hbond substituents is 1. The average Bonchev–Trinajstić information content (AvgIpc) is 2.48. The summed E-state index contributed by atoms with van der Waals surface area (Å²) in [6, 6.07) is 3.52. The van der Waals surface area contributed by atoms with Crippen LogP contribution >= 0.6 is 0 Å². The highest BCUT2D eigenvalue weighted by Crippen LogP contribution is 2.26. The van der Waals surface area contributed by atoms with E-state index in [-0.39, 0.29) is 18.8 Å². The number of aliphatic hydroxyl groups excluding tert-OH is 2. The molecule has 0 aliphatic rings. The normalized spacial score (nSPS) is 11.6. The molecule has 0 unspecified atom stereocenters. The van der Waals surface area contributed by atoms with Crippen molar-refractivity contribution in [3.8, 4) is 5.75 Å². The monoisotopic (exact) mass is 328 g/mol. The van der Waals surface area contributed by atoms with Crippen molar-refractivity contribution >= 4 is 0 Å². The summed E-state index contributed by atoms with van der Waals surface area (Å²) in [5.74, 6) is 0.131. The first kappa shape index (κ1) is 19.8. The molecule has 7 N–H and O–H groups in total. The molecule has 0 bridgehead atoms. The van der Waals surface area contributed by atoms with Crippen molar-refractivity contribution in [2.75, 3.05) is 13.1 Å². The lowest BCUT2D eigenvalue weighted by Crippen LogP contribution is -2.29. The Labute approximate surface area is 136 Å². The number of aryl methyl sites for hydroxylation is 1. The van der Waals surface area contributed by atoms with Gasteiger partial charge in [-0.15, -0.1) is 0 Å². The van der Waals surface area contributed by atoms with Crippen molar-refractivity contribution in [3.05, 3.63) is 28.8 Å². The van der Waals surface area contributed by atoms with E-state index in [1.807, 2.05) is 6.07 Å². The summed E-state index contributed by atoms with van der Waals surface area (Å²) in [6.45, 7) is 2.82. The van der Waals surface area contributed by atoms with Crippen LogP contribution in [0.15, 0.2) is 12.1 Å². The largest absolute Gasteiger partial charge is 0.508 e. The van der Waals surface area contributed by atoms with Gasteiger partial charge in [-0.05, 0) is 30.0 Å². The van der Waals surface area contributed by atoms with Crippen molar-refractivity contribution in [1.82, 2.24) is 10.6 Å². The molecule has 1 aromatic carbocycles. The van der Waals surface area contributed by atoms with Crippen molar-refractivity contribution < 1.29 is 25.5 Å². The van der Waals surface area contributed by atoms with Crippen LogP contribution < -0.4 is 10.6 Å². The molecule has 0 radical (unpaired) electrons. The fraction of sp³-hybridized carbons (Fsp3) is 0.625. The first-order valence-corrected chi connectivity index (χ1v) is 7.92. The maximum atomic E-state index is 10.1. The SMILES string of the molecule is CCCCc1ccc(O)c(CNCC(O)O)c1CNCC(O)O. The number of hydrogen-bond acceptors (Lipinski definition) is 7. The number of hydrogen-bond donors (Lipinski definition) is 7. The molecule has 0 atom stereocenters. The molecule has 23 heavy (non-hydrogen) atoms. The van der Waals surface area contributed by atoms with Gasteiger partial charge in [-0.25, -0.2) is 0 Å². The lowest BCUT2D eigenvalue weighted by molar-refractivity contribution is -0.0383. The molecule has 0 saturated heterocycles. The van der Waals surface area contributed by atoms with Gasteiger partial charge in [0.2, 0.25) is 0 Å². The van der Waals surface area contributed by atoms with E-state index in [1.165, 1.54) is 0 Å². The number of rotatable bonds is 11. The van der Waals surface area contributed by atoms with Crippen LogP contribution in [-0.2, 0) is 19.5 Å². The molecule has 0 aliphatic heterocycles. The molecule has 132 valence electrons. The molecule has 0 fully saturated rings. The fourth-order valence-corrected chi connectivity index (χ4v) is 2.40. The molecular formula is C16H28N2O5. The maximum Gasteiger partial charge on any atom is 0.164 e. The summed E-state index contributed by atoms with van der Waals surface area (Å²) in [4.78, 5) is 0. The summed E-state index contributed by atoms with van der Waals surface area (Å²) in [5.41, 5.74) is 2.67. The Morgan fingerprint density at radius 3 is 2.00 bits per heavy atom. The van der Waals surface area contributed by atoms with Gasteiger partial charge in [0.25, 0.3) is 0 Å². The van der Waals surface area contributed by atoms with Crippen LogP contribution in [-0.4, -0.2) is 51.2 Å². The second kappa shape index (κ2) is 10.5. The topological polar surface area (TPSA) is 125 Å². The van der Waals surface area contributed by atoms with Gasteiger partial charge < -0.3 is 36.2 Å². The van der Waals surface area contributed by atoms with E-state index in [4.69, 9.17) is 20.4 Å². The molecule has 1 aromatic rings. The second-order valence-corrected chi connectivity index (χ2v) is 5.53. The predicted octanol–water partition coefficient (Wildman–Crippen LogP) is -0.465. The number of aliphatic hydroxyl groups is 4. The number of nitrogens with one attached hydrogen (secondary N) is 2. The molecule has 0 saturated carbocycles. The second-order valence-electron chi connectivity index (χ2n) is 5.53. The average molecular weight is 328 g/mol. The van der Waals surface area contributed by atoms with Gasteiger partial charge in [0, 0.05) is 31.7 Å². The van der Waals surface area contributed by atoms with Crippen LogP contribution in [0.25, 0.3) is 0 Å². The van der Waals surface area contributed by atoms with Gasteiger partial charge in [0.15, 0.2) is 12.6 Å². The van der Waals surface area contributed by atoms with Crippen LogP contribution in [0.4, 0.5) is 0 Å². The third-order valence-electron chi connectivity index (χ3n) is 3.56. The molecule has 0 spiro atoms. The fourth-order valence-electron chi connectivity index (χ4n) is 2.40. The van der Waals surface area contributed by atoms with Crippen LogP contribution in [0.2, 0.25) is 0 Å². The highest BCUT2D eigenvalue weighted by molar-refractivity contribution is 5.44. The predicted molar refractivity (Wildman–Crippen MR) is 86.6 cm³/mol. The van der Waals surface area contributed by atoms with Gasteiger partial charge in [0.05, 0.1) is 0 Å². The van der Waals surface area contributed by atoms with Crippen LogP contribution in [0.1, 0.15) is 36.5 Å². The lowest BCUT2D eigenvalue weighted by atomic mass is 9.96. The zero-order valence-corrected chi connectivity index (χ0v) is 13.5. The standard InChI is InChI=1S/C16H28N2O5/c1-2-3-4-11-5-6-14(19)13(8-18-10-16(22)23)12(11)7-17-9-15(20)21/h5-6,15-23H,2-4,7-10H2,1H3. The first-order chi connectivity index (χ1) is 11.0. The van der Waals surface area contributed by atoms with Gasteiger partial charge in [0.1, 0.15) is 5.75 Å². The Hall–Kier alpha value is -1.22. The third kappa shape index (κ3) is 7.26. The molecule has 7 nitrogen and oxygen atoms in total. The number of unbranched alkanes of at least 4 members (excludes halogenated alkanes) is 1. The summed E-state index contributed by atoms with van der Waals surface area (Å²) in [7, 11) is 0. The summed E-state index contributed by atoms with van der Waals surface area (Å²) in [5, 5.41) is 51.6. The van der Waals surface area contributed by atoms with Crippen LogP contribution in [0, 0.1) is 0 Å². The molecule has 0 amide bonds. The zero-order valence-electron chi connectivity index (χ0n) is 13.5. The summed E-state index contributed by atoms with van der Waals surface area (Å²) < 4.78 is 0. The number of benzene rings is 1. The Morgan fingerprint density at radius 2 is 1.48 bits per heavy atom. The van der Waals surface area contributed by atoms with Gasteiger partial charge in [-0.3, -0.25) is 0 Å². The minimum Gasteiger partial charge on any atom is -0.508 e. The van der Waals surface area contributed by atoms with E-state index in [0.29, 0.717) is 18.7 Å². The molecule has 7 heteroatoms. The van der Waals surface area contributed by atoms with Gasteiger partial charge in [-0.1, -0.05) is 19.4 Å². The Kier molecular flexibility index (Phi) is 9.08. The van der Waals surface area contributed by atoms with Crippen molar-refractivity contribution in [3.63, 3.8) is 0 Å². The zero-order chi connectivity index (χ0) is 17.2. The Morgan fingerprint density at radius 1 is 0.913 bits per heavy atom. The third-order valence-corrected chi connectivity index (χ3v) is 3.56.